The van der Waals surface area contributed by atoms with E-state index in [0.29, 0.717) is 30.8 Å². The molecule has 198 valence electrons. The normalized spacial score (nSPS) is 17.1. The summed E-state index contributed by atoms with van der Waals surface area (Å²) in [6.45, 7) is 0.456. The Morgan fingerprint density at radius 2 is 1.49 bits per heavy atom. The van der Waals surface area contributed by atoms with E-state index in [9.17, 15) is 13.6 Å². The fourth-order valence-corrected chi connectivity index (χ4v) is 4.89. The summed E-state index contributed by atoms with van der Waals surface area (Å²) >= 11 is 0. The maximum atomic E-state index is 13.6. The van der Waals surface area contributed by atoms with Crippen molar-refractivity contribution in [2.45, 2.75) is 25.5 Å². The second-order valence-electron chi connectivity index (χ2n) is 9.35. The van der Waals surface area contributed by atoms with Gasteiger partial charge in [0.05, 0.1) is 17.7 Å². The molecule has 1 aliphatic heterocycles. The lowest BCUT2D eigenvalue weighted by atomic mass is 9.78. The van der Waals surface area contributed by atoms with Crippen molar-refractivity contribution in [3.8, 4) is 5.75 Å². The molecule has 0 N–H and O–H groups in total. The lowest BCUT2D eigenvalue weighted by Crippen LogP contribution is -2.55. The predicted molar refractivity (Wildman–Crippen MR) is 147 cm³/mol. The van der Waals surface area contributed by atoms with E-state index in [1.165, 1.54) is 31.4 Å². The van der Waals surface area contributed by atoms with Crippen molar-refractivity contribution in [1.82, 2.24) is 0 Å². The zero-order valence-electron chi connectivity index (χ0n) is 21.5. The van der Waals surface area contributed by atoms with Crippen molar-refractivity contribution in [3.05, 3.63) is 131 Å². The van der Waals surface area contributed by atoms with Crippen molar-refractivity contribution in [2.24, 2.45) is 11.1 Å². The fourth-order valence-electron chi connectivity index (χ4n) is 4.89. The molecular formula is C32H28F2N2O3. The number of halogens is 2. The summed E-state index contributed by atoms with van der Waals surface area (Å²) in [5.74, 6) is -0.347. The van der Waals surface area contributed by atoms with Crippen molar-refractivity contribution in [1.29, 1.82) is 0 Å². The molecule has 1 aliphatic rings. The van der Waals surface area contributed by atoms with E-state index in [1.807, 2.05) is 54.6 Å². The number of carbonyl (C=O) groups excluding carboxylic acids is 1. The molecular weight excluding hydrogens is 498 g/mol. The topological polar surface area (TPSA) is 51.1 Å². The highest BCUT2D eigenvalue weighted by atomic mass is 19.1. The van der Waals surface area contributed by atoms with Crippen LogP contribution >= 0.6 is 0 Å². The smallest absolute Gasteiger partial charge is 0.233 e. The summed E-state index contributed by atoms with van der Waals surface area (Å²) in [7, 11) is 1.46. The van der Waals surface area contributed by atoms with Crippen LogP contribution in [0.5, 0.6) is 5.75 Å². The number of oxime groups is 1. The predicted octanol–water partition coefficient (Wildman–Crippen LogP) is 7.08. The van der Waals surface area contributed by atoms with Crippen LogP contribution < -0.4 is 9.64 Å². The number of benzene rings is 4. The van der Waals surface area contributed by atoms with E-state index >= 15 is 0 Å². The number of ether oxygens (including phenoxy) is 1. The minimum absolute atomic E-state index is 0.0492. The van der Waals surface area contributed by atoms with Gasteiger partial charge in [0.1, 0.15) is 31.1 Å². The van der Waals surface area contributed by atoms with Crippen LogP contribution in [0.3, 0.4) is 0 Å². The molecule has 39 heavy (non-hydrogen) atoms. The summed E-state index contributed by atoms with van der Waals surface area (Å²) in [4.78, 5) is 20.1. The van der Waals surface area contributed by atoms with Gasteiger partial charge in [-0.15, -0.1) is 0 Å². The Labute approximate surface area is 226 Å². The van der Waals surface area contributed by atoms with E-state index in [4.69, 9.17) is 9.57 Å². The highest BCUT2D eigenvalue weighted by molar-refractivity contribution is 6.04. The molecule has 2 atom stereocenters. The number of anilines is 1. The van der Waals surface area contributed by atoms with Crippen LogP contribution in [-0.4, -0.2) is 18.7 Å². The number of β-lactam (4-membered cyclic amide) rings is 1. The molecule has 1 heterocycles. The Morgan fingerprint density at radius 3 is 2.13 bits per heavy atom. The van der Waals surface area contributed by atoms with Gasteiger partial charge >= 0.3 is 0 Å². The molecule has 1 amide bonds. The largest absolute Gasteiger partial charge is 0.489 e. The SMILES string of the molecule is CON=C(CCC1C(=O)N(c2ccc(F)cc2)C1c1ccc(OCc2ccccc2)cc1)c1ccc(F)cc1. The van der Waals surface area contributed by atoms with Gasteiger partial charge in [-0.05, 0) is 78.1 Å². The Hall–Kier alpha value is -4.52. The number of carbonyl (C=O) groups is 1. The van der Waals surface area contributed by atoms with Crippen LogP contribution in [0, 0.1) is 17.6 Å². The lowest BCUT2D eigenvalue weighted by molar-refractivity contribution is -0.130. The highest BCUT2D eigenvalue weighted by Crippen LogP contribution is 2.46. The second kappa shape index (κ2) is 11.9. The van der Waals surface area contributed by atoms with Crippen LogP contribution in [0.25, 0.3) is 0 Å². The van der Waals surface area contributed by atoms with Gasteiger partial charge in [-0.25, -0.2) is 8.78 Å². The standard InChI is InChI=1S/C32H28F2N2O3/c1-38-35-30(23-7-11-25(33)12-8-23)20-19-29-31(36(32(29)37)27-15-13-26(34)14-16-27)24-9-17-28(18-10-24)39-21-22-5-3-2-4-6-22/h2-18,29,31H,19-21H2,1H3. The molecule has 0 radical (unpaired) electrons. The number of nitrogens with zero attached hydrogens (tertiary/aromatic N) is 2. The summed E-state index contributed by atoms with van der Waals surface area (Å²) in [5.41, 5.74) is 4.02. The molecule has 0 aliphatic carbocycles. The van der Waals surface area contributed by atoms with Crippen molar-refractivity contribution in [2.75, 3.05) is 12.0 Å². The zero-order valence-corrected chi connectivity index (χ0v) is 21.5. The Bertz CT molecular complexity index is 1420. The number of rotatable bonds is 10. The van der Waals surface area contributed by atoms with Gasteiger partial charge < -0.3 is 14.5 Å². The molecule has 1 saturated heterocycles. The van der Waals surface area contributed by atoms with Gasteiger partial charge in [0.15, 0.2) is 0 Å². The van der Waals surface area contributed by atoms with Gasteiger partial charge in [0.2, 0.25) is 5.91 Å². The molecule has 0 saturated carbocycles. The van der Waals surface area contributed by atoms with Gasteiger partial charge in [-0.2, -0.15) is 0 Å². The van der Waals surface area contributed by atoms with E-state index in [-0.39, 0.29) is 29.5 Å². The van der Waals surface area contributed by atoms with E-state index in [1.54, 1.807) is 29.2 Å². The number of amides is 1. The lowest BCUT2D eigenvalue weighted by Gasteiger charge is -2.47. The zero-order chi connectivity index (χ0) is 27.2. The summed E-state index contributed by atoms with van der Waals surface area (Å²) in [6.07, 6.45) is 0.967. The quantitative estimate of drug-likeness (QED) is 0.126. The van der Waals surface area contributed by atoms with Crippen LogP contribution in [0.15, 0.2) is 108 Å². The Morgan fingerprint density at radius 1 is 0.846 bits per heavy atom. The van der Waals surface area contributed by atoms with Crippen molar-refractivity contribution < 1.29 is 23.1 Å². The fraction of sp³-hybridized carbons (Fsp3) is 0.188. The maximum absolute atomic E-state index is 13.6. The molecule has 0 bridgehead atoms. The molecule has 1 fully saturated rings. The van der Waals surface area contributed by atoms with Gasteiger partial charge in [-0.1, -0.05) is 59.8 Å². The van der Waals surface area contributed by atoms with E-state index in [2.05, 4.69) is 5.16 Å². The van der Waals surface area contributed by atoms with E-state index < -0.39 is 0 Å². The van der Waals surface area contributed by atoms with Crippen LogP contribution in [-0.2, 0) is 16.2 Å². The highest BCUT2D eigenvalue weighted by Gasteiger charge is 2.48. The molecule has 4 aromatic carbocycles. The van der Waals surface area contributed by atoms with Crippen LogP contribution in [0.1, 0.15) is 35.6 Å². The third kappa shape index (κ3) is 5.98. The van der Waals surface area contributed by atoms with Crippen LogP contribution in [0.2, 0.25) is 0 Å². The first-order valence-electron chi connectivity index (χ1n) is 12.7. The molecule has 5 rings (SSSR count). The minimum Gasteiger partial charge on any atom is -0.489 e. The molecule has 5 nitrogen and oxygen atoms in total. The first-order valence-corrected chi connectivity index (χ1v) is 12.7. The Kier molecular flexibility index (Phi) is 7.96. The number of hydrogen-bond acceptors (Lipinski definition) is 4. The van der Waals surface area contributed by atoms with E-state index in [0.717, 1.165) is 22.4 Å². The molecule has 4 aromatic rings. The first kappa shape index (κ1) is 26.1. The summed E-state index contributed by atoms with van der Waals surface area (Å²) < 4.78 is 33.0. The summed E-state index contributed by atoms with van der Waals surface area (Å²) in [5, 5.41) is 4.13. The minimum atomic E-state index is -0.362. The third-order valence-corrected chi connectivity index (χ3v) is 6.86. The summed E-state index contributed by atoms with van der Waals surface area (Å²) in [6, 6.07) is 29.4. The monoisotopic (exact) mass is 526 g/mol. The average Bonchev–Trinajstić information content (AvgIpc) is 2.96. The Balaban J connectivity index is 1.36. The van der Waals surface area contributed by atoms with Crippen LogP contribution in [0.4, 0.5) is 14.5 Å². The number of hydrogen-bond donors (Lipinski definition) is 0. The molecule has 2 unspecified atom stereocenters. The van der Waals surface area contributed by atoms with Gasteiger partial charge in [0.25, 0.3) is 0 Å². The van der Waals surface area contributed by atoms with Crippen molar-refractivity contribution in [3.63, 3.8) is 0 Å². The van der Waals surface area contributed by atoms with Gasteiger partial charge in [-0.3, -0.25) is 4.79 Å². The molecule has 0 spiro atoms. The average molecular weight is 527 g/mol. The third-order valence-electron chi connectivity index (χ3n) is 6.86. The van der Waals surface area contributed by atoms with Crippen molar-refractivity contribution >= 4 is 17.3 Å². The second-order valence-corrected chi connectivity index (χ2v) is 9.35. The maximum Gasteiger partial charge on any atom is 0.233 e. The van der Waals surface area contributed by atoms with Gasteiger partial charge in [0, 0.05) is 5.69 Å². The molecule has 0 aromatic heterocycles. The molecule has 7 heteroatoms. The first-order chi connectivity index (χ1) is 19.0.